The Morgan fingerprint density at radius 2 is 1.84 bits per heavy atom. The number of anilines is 1. The van der Waals surface area contributed by atoms with Crippen molar-refractivity contribution in [3.8, 4) is 0 Å². The van der Waals surface area contributed by atoms with Crippen molar-refractivity contribution in [2.24, 2.45) is 10.8 Å². The molecule has 0 bridgehead atoms. The Labute approximate surface area is 193 Å². The van der Waals surface area contributed by atoms with E-state index in [0.29, 0.717) is 5.02 Å². The van der Waals surface area contributed by atoms with E-state index in [1.165, 1.54) is 31.8 Å². The monoisotopic (exact) mass is 514 g/mol. The van der Waals surface area contributed by atoms with Crippen molar-refractivity contribution < 1.29 is 39.2 Å². The van der Waals surface area contributed by atoms with Crippen molar-refractivity contribution >= 4 is 59.9 Å². The largest absolute Gasteiger partial charge is 0.480 e. The maximum absolute atomic E-state index is 11.5. The van der Waals surface area contributed by atoms with Crippen LogP contribution >= 0.6 is 30.6 Å². The van der Waals surface area contributed by atoms with Gasteiger partial charge in [-0.25, -0.2) is 14.6 Å². The van der Waals surface area contributed by atoms with E-state index in [-0.39, 0.29) is 41.6 Å². The first-order valence-electron chi connectivity index (χ1n) is 8.65. The van der Waals surface area contributed by atoms with E-state index >= 15 is 0 Å². The van der Waals surface area contributed by atoms with E-state index in [9.17, 15) is 24.1 Å². The summed E-state index contributed by atoms with van der Waals surface area (Å²) in [6.45, 7) is 2.57. The molecule has 1 aliphatic heterocycles. The van der Waals surface area contributed by atoms with E-state index < -0.39 is 36.9 Å². The number of carboxylic acid groups (broad SMARTS) is 3. The van der Waals surface area contributed by atoms with E-state index in [1.807, 2.05) is 0 Å². The number of nitrogens with two attached hydrogens (primary N) is 1. The molecule has 12 nitrogen and oxygen atoms in total. The second-order valence-electron chi connectivity index (χ2n) is 7.02. The van der Waals surface area contributed by atoms with Crippen molar-refractivity contribution in [3.05, 3.63) is 28.2 Å². The highest BCUT2D eigenvalue weighted by Crippen LogP contribution is 2.38. The molecule has 0 aliphatic carbocycles. The molecule has 1 aromatic carbocycles. The molecule has 0 radical (unpaired) electrons. The average molecular weight is 515 g/mol. The normalized spacial score (nSPS) is 20.1. The SMILES string of the molecule is CC1(C(=O)O)CC(C(=O)O)=NN1c1ccc(Cl)cc1Cl.CP(=O)(O)CCC(N)C(=O)O.N. The predicted molar refractivity (Wildman–Crippen MR) is 121 cm³/mol. The number of benzene rings is 1. The summed E-state index contributed by atoms with van der Waals surface area (Å²) in [5.74, 6) is -3.59. The van der Waals surface area contributed by atoms with Crippen molar-refractivity contribution in [3.63, 3.8) is 0 Å². The van der Waals surface area contributed by atoms with Crippen molar-refractivity contribution in [1.82, 2.24) is 6.15 Å². The molecule has 180 valence electrons. The molecule has 0 aromatic heterocycles. The third-order valence-corrected chi connectivity index (χ3v) is 5.84. The Kier molecular flexibility index (Phi) is 10.8. The number of rotatable bonds is 7. The van der Waals surface area contributed by atoms with Gasteiger partial charge in [-0.05, 0) is 31.5 Å². The van der Waals surface area contributed by atoms with Gasteiger partial charge in [0.15, 0.2) is 12.9 Å². The number of hydrogen-bond acceptors (Lipinski definition) is 8. The maximum Gasteiger partial charge on any atom is 0.352 e. The van der Waals surface area contributed by atoms with E-state index in [2.05, 4.69) is 5.10 Å². The van der Waals surface area contributed by atoms with Crippen LogP contribution in [0, 0.1) is 0 Å². The molecule has 0 amide bonds. The zero-order valence-electron chi connectivity index (χ0n) is 17.2. The lowest BCUT2D eigenvalue weighted by Gasteiger charge is -2.30. The molecule has 0 fully saturated rings. The summed E-state index contributed by atoms with van der Waals surface area (Å²) in [4.78, 5) is 41.4. The van der Waals surface area contributed by atoms with Crippen LogP contribution in [0.3, 0.4) is 0 Å². The lowest BCUT2D eigenvalue weighted by molar-refractivity contribution is -0.142. The van der Waals surface area contributed by atoms with Gasteiger partial charge in [0.05, 0.1) is 10.7 Å². The van der Waals surface area contributed by atoms with Gasteiger partial charge in [-0.2, -0.15) is 5.10 Å². The van der Waals surface area contributed by atoms with Gasteiger partial charge in [0, 0.05) is 24.3 Å². The molecule has 0 saturated heterocycles. The van der Waals surface area contributed by atoms with Gasteiger partial charge >= 0.3 is 17.9 Å². The summed E-state index contributed by atoms with van der Waals surface area (Å²) in [7, 11) is -3.10. The summed E-state index contributed by atoms with van der Waals surface area (Å²) >= 11 is 11.8. The highest BCUT2D eigenvalue weighted by molar-refractivity contribution is 7.57. The van der Waals surface area contributed by atoms with E-state index in [1.54, 1.807) is 0 Å². The molecule has 0 saturated carbocycles. The number of halogens is 2. The first-order chi connectivity index (χ1) is 14.1. The minimum absolute atomic E-state index is 0. The Morgan fingerprint density at radius 3 is 2.25 bits per heavy atom. The average Bonchev–Trinajstić information content (AvgIpc) is 2.99. The lowest BCUT2D eigenvalue weighted by atomic mass is 9.95. The third-order valence-electron chi connectivity index (χ3n) is 4.22. The number of aliphatic carboxylic acids is 3. The number of hydrazone groups is 1. The molecule has 15 heteroatoms. The second-order valence-corrected chi connectivity index (χ2v) is 10.4. The minimum Gasteiger partial charge on any atom is -0.480 e. The van der Waals surface area contributed by atoms with Crippen LogP contribution in [0.25, 0.3) is 0 Å². The maximum atomic E-state index is 11.5. The van der Waals surface area contributed by atoms with Gasteiger partial charge in [-0.15, -0.1) is 0 Å². The first kappa shape index (κ1) is 29.8. The van der Waals surface area contributed by atoms with Crippen LogP contribution in [0.2, 0.25) is 10.0 Å². The zero-order chi connectivity index (χ0) is 24.1. The highest BCUT2D eigenvalue weighted by Gasteiger charge is 2.48. The van der Waals surface area contributed by atoms with Crippen molar-refractivity contribution in [2.75, 3.05) is 17.8 Å². The number of nitrogens with zero attached hydrogens (tertiary/aromatic N) is 2. The quantitative estimate of drug-likeness (QED) is 0.289. The summed E-state index contributed by atoms with van der Waals surface area (Å²) < 4.78 is 10.6. The predicted octanol–water partition coefficient (Wildman–Crippen LogP) is 2.34. The molecule has 1 aromatic rings. The van der Waals surface area contributed by atoms with Gasteiger partial charge in [0.2, 0.25) is 0 Å². The van der Waals surface area contributed by atoms with Crippen LogP contribution in [0.5, 0.6) is 0 Å². The van der Waals surface area contributed by atoms with Gasteiger partial charge in [0.25, 0.3) is 0 Å². The van der Waals surface area contributed by atoms with Crippen LogP contribution in [0.15, 0.2) is 23.3 Å². The van der Waals surface area contributed by atoms with Crippen molar-refractivity contribution in [1.29, 1.82) is 0 Å². The fourth-order valence-electron chi connectivity index (χ4n) is 2.43. The molecule has 9 N–H and O–H groups in total. The molecule has 3 atom stereocenters. The van der Waals surface area contributed by atoms with Gasteiger partial charge in [-0.3, -0.25) is 9.36 Å². The van der Waals surface area contributed by atoms with Crippen molar-refractivity contribution in [2.45, 2.75) is 31.3 Å². The topological polar surface area (TPSA) is 226 Å². The van der Waals surface area contributed by atoms with Crippen LogP contribution in [0.4, 0.5) is 5.69 Å². The van der Waals surface area contributed by atoms with E-state index in [4.69, 9.17) is 44.0 Å². The smallest absolute Gasteiger partial charge is 0.352 e. The van der Waals surface area contributed by atoms with Gasteiger partial charge in [0.1, 0.15) is 11.8 Å². The first-order valence-corrected chi connectivity index (χ1v) is 11.7. The summed E-state index contributed by atoms with van der Waals surface area (Å²) in [6, 6.07) is 3.43. The lowest BCUT2D eigenvalue weighted by Crippen LogP contribution is -2.47. The minimum atomic E-state index is -3.10. The molecule has 3 unspecified atom stereocenters. The summed E-state index contributed by atoms with van der Waals surface area (Å²) in [5.41, 5.74) is 3.64. The molecular weight excluding hydrogens is 490 g/mol. The molecular formula is C17H25Cl2N4O8P. The highest BCUT2D eigenvalue weighted by atomic mass is 35.5. The second kappa shape index (κ2) is 11.6. The Morgan fingerprint density at radius 1 is 1.28 bits per heavy atom. The zero-order valence-corrected chi connectivity index (χ0v) is 19.6. The van der Waals surface area contributed by atoms with Crippen LogP contribution in [0.1, 0.15) is 19.8 Å². The fraction of sp³-hybridized carbons (Fsp3) is 0.412. The number of carbonyl (C=O) groups is 3. The van der Waals surface area contributed by atoms with Gasteiger partial charge in [-0.1, -0.05) is 23.2 Å². The summed E-state index contributed by atoms with van der Waals surface area (Å²) in [5, 5.41) is 32.2. The standard InChI is InChI=1S/C12H10Cl2N2O4.C5H12NO4P.H3N/c1-12(11(19)20)5-8(10(17)18)15-16(12)9-3-2-6(13)4-7(9)14;1-11(9,10)3-2-4(6)5(7)8;/h2-4H,5H2,1H3,(H,17,18)(H,19,20);4H,2-3,6H2,1H3,(H,7,8)(H,9,10);1H3. The molecule has 1 heterocycles. The molecule has 1 aliphatic rings. The Balaban J connectivity index is 0.000000690. The molecule has 2 rings (SSSR count). The number of carboxylic acids is 3. The van der Waals surface area contributed by atoms with Crippen LogP contribution in [-0.4, -0.2) is 68.2 Å². The van der Waals surface area contributed by atoms with E-state index in [0.717, 1.165) is 5.01 Å². The molecule has 0 spiro atoms. The Bertz CT molecular complexity index is 954. The van der Waals surface area contributed by atoms with Crippen LogP contribution < -0.4 is 16.9 Å². The van der Waals surface area contributed by atoms with Crippen LogP contribution in [-0.2, 0) is 18.9 Å². The fourth-order valence-corrected chi connectivity index (χ4v) is 3.67. The van der Waals surface area contributed by atoms with Gasteiger partial charge < -0.3 is 32.1 Å². The summed E-state index contributed by atoms with van der Waals surface area (Å²) in [6.07, 6.45) is -0.225. The Hall–Kier alpha value is -2.21. The molecule has 32 heavy (non-hydrogen) atoms. The number of hydrogen-bond donors (Lipinski definition) is 6. The third kappa shape index (κ3) is 8.05.